The molecule has 0 fully saturated rings. The minimum Gasteiger partial charge on any atom is -0.436 e. The van der Waals surface area contributed by atoms with E-state index in [9.17, 15) is 4.79 Å². The van der Waals surface area contributed by atoms with Gasteiger partial charge in [-0.2, -0.15) is 0 Å². The summed E-state index contributed by atoms with van der Waals surface area (Å²) in [5.41, 5.74) is 2.74. The van der Waals surface area contributed by atoms with E-state index >= 15 is 0 Å². The monoisotopic (exact) mass is 224 g/mol. The molecule has 1 unspecified atom stereocenters. The van der Waals surface area contributed by atoms with E-state index in [1.165, 1.54) is 25.2 Å². The van der Waals surface area contributed by atoms with Gasteiger partial charge in [-0.3, -0.25) is 4.79 Å². The smallest absolute Gasteiger partial charge is 0.304 e. The van der Waals surface area contributed by atoms with Gasteiger partial charge in [-0.1, -0.05) is 24.3 Å². The van der Waals surface area contributed by atoms with E-state index in [2.05, 4.69) is 47.6 Å². The predicted molar refractivity (Wildman–Crippen MR) is 64.2 cm³/mol. The van der Waals surface area contributed by atoms with E-state index in [0.717, 1.165) is 0 Å². The molecule has 3 nitrogen and oxygen atoms in total. The summed E-state index contributed by atoms with van der Waals surface area (Å²) in [5, 5.41) is 0. The van der Waals surface area contributed by atoms with E-state index in [-0.39, 0.29) is 5.97 Å². The molecule has 0 aliphatic heterocycles. The van der Waals surface area contributed by atoms with Gasteiger partial charge < -0.3 is 9.47 Å². The molecule has 0 saturated carbocycles. The first kappa shape index (κ1) is 14.6. The first-order valence-electron chi connectivity index (χ1n) is 5.19. The van der Waals surface area contributed by atoms with Crippen LogP contribution in [0.3, 0.4) is 0 Å². The molecule has 3 heteroatoms. The molecular formula is C13H20O3. The summed E-state index contributed by atoms with van der Waals surface area (Å²) >= 11 is 0. The number of esters is 1. The third-order valence-electron chi connectivity index (χ3n) is 2.09. The number of hydrogen-bond donors (Lipinski definition) is 0. The van der Waals surface area contributed by atoms with Crippen molar-refractivity contribution in [3.05, 3.63) is 35.4 Å². The first-order chi connectivity index (χ1) is 7.47. The summed E-state index contributed by atoms with van der Waals surface area (Å²) in [4.78, 5) is 10.1. The van der Waals surface area contributed by atoms with Crippen molar-refractivity contribution in [1.29, 1.82) is 0 Å². The second-order valence-electron chi connectivity index (χ2n) is 3.50. The molecule has 0 radical (unpaired) electrons. The third kappa shape index (κ3) is 7.01. The SMILES string of the molecule is COC(C)OC(C)=O.Cc1ccccc1C. The van der Waals surface area contributed by atoms with Gasteiger partial charge in [0.25, 0.3) is 0 Å². The molecule has 1 aromatic rings. The van der Waals surface area contributed by atoms with Crippen LogP contribution in [0.1, 0.15) is 25.0 Å². The quantitative estimate of drug-likeness (QED) is 0.572. The second-order valence-corrected chi connectivity index (χ2v) is 3.50. The molecule has 16 heavy (non-hydrogen) atoms. The van der Waals surface area contributed by atoms with Gasteiger partial charge in [-0.05, 0) is 31.9 Å². The molecule has 0 spiro atoms. The Hall–Kier alpha value is -1.35. The Kier molecular flexibility index (Phi) is 7.21. The highest BCUT2D eigenvalue weighted by molar-refractivity contribution is 5.65. The molecule has 0 bridgehead atoms. The number of ether oxygens (including phenoxy) is 2. The number of hydrogen-bond acceptors (Lipinski definition) is 3. The van der Waals surface area contributed by atoms with Crippen molar-refractivity contribution in [1.82, 2.24) is 0 Å². The highest BCUT2D eigenvalue weighted by Gasteiger charge is 1.99. The lowest BCUT2D eigenvalue weighted by molar-refractivity contribution is -0.166. The summed E-state index contributed by atoms with van der Waals surface area (Å²) in [6, 6.07) is 8.36. The van der Waals surface area contributed by atoms with Crippen LogP contribution >= 0.6 is 0 Å². The number of aryl methyl sites for hydroxylation is 2. The van der Waals surface area contributed by atoms with E-state index in [4.69, 9.17) is 0 Å². The topological polar surface area (TPSA) is 35.5 Å². The van der Waals surface area contributed by atoms with Crippen LogP contribution in [0.2, 0.25) is 0 Å². The number of methoxy groups -OCH3 is 1. The fourth-order valence-corrected chi connectivity index (χ4v) is 0.945. The predicted octanol–water partition coefficient (Wildman–Crippen LogP) is 2.85. The van der Waals surface area contributed by atoms with Crippen molar-refractivity contribution >= 4 is 5.97 Å². The van der Waals surface area contributed by atoms with Crippen LogP contribution in [0.4, 0.5) is 0 Å². The van der Waals surface area contributed by atoms with E-state index in [1.54, 1.807) is 6.92 Å². The van der Waals surface area contributed by atoms with Crippen molar-refractivity contribution in [3.8, 4) is 0 Å². The molecule has 0 heterocycles. The maximum absolute atomic E-state index is 10.1. The fraction of sp³-hybridized carbons (Fsp3) is 0.462. The van der Waals surface area contributed by atoms with Gasteiger partial charge in [-0.15, -0.1) is 0 Å². The van der Waals surface area contributed by atoms with Gasteiger partial charge in [-0.25, -0.2) is 0 Å². The zero-order valence-electron chi connectivity index (χ0n) is 10.6. The molecule has 0 aliphatic carbocycles. The summed E-state index contributed by atoms with van der Waals surface area (Å²) in [6.45, 7) is 7.24. The Morgan fingerprint density at radius 1 is 1.19 bits per heavy atom. The van der Waals surface area contributed by atoms with Crippen molar-refractivity contribution in [2.45, 2.75) is 34.0 Å². The number of carbonyl (C=O) groups excluding carboxylic acids is 1. The summed E-state index contributed by atoms with van der Waals surface area (Å²) < 4.78 is 9.16. The average molecular weight is 224 g/mol. The summed E-state index contributed by atoms with van der Waals surface area (Å²) in [7, 11) is 1.48. The number of rotatable bonds is 2. The van der Waals surface area contributed by atoms with Gasteiger partial charge in [0.15, 0.2) is 6.29 Å². The highest BCUT2D eigenvalue weighted by Crippen LogP contribution is 2.02. The van der Waals surface area contributed by atoms with E-state index in [0.29, 0.717) is 0 Å². The zero-order chi connectivity index (χ0) is 12.6. The van der Waals surface area contributed by atoms with Crippen LogP contribution < -0.4 is 0 Å². The fourth-order valence-electron chi connectivity index (χ4n) is 0.945. The third-order valence-corrected chi connectivity index (χ3v) is 2.09. The normalized spacial score (nSPS) is 11.1. The van der Waals surface area contributed by atoms with Gasteiger partial charge >= 0.3 is 5.97 Å². The van der Waals surface area contributed by atoms with Gasteiger partial charge in [0, 0.05) is 14.0 Å². The van der Waals surface area contributed by atoms with Crippen LogP contribution in [-0.2, 0) is 14.3 Å². The van der Waals surface area contributed by atoms with Crippen LogP contribution in [-0.4, -0.2) is 19.4 Å². The Morgan fingerprint density at radius 2 is 1.62 bits per heavy atom. The second kappa shape index (κ2) is 7.88. The highest BCUT2D eigenvalue weighted by atomic mass is 16.7. The average Bonchev–Trinajstić information content (AvgIpc) is 2.22. The lowest BCUT2D eigenvalue weighted by atomic mass is 10.1. The van der Waals surface area contributed by atoms with Gasteiger partial charge in [0.1, 0.15) is 0 Å². The standard InChI is InChI=1S/C8H10.C5H10O3/c1-7-5-3-4-6-8(7)2;1-4(6)8-5(2)7-3/h3-6H,1-2H3;5H,1-3H3. The van der Waals surface area contributed by atoms with E-state index in [1.807, 2.05) is 0 Å². The molecule has 0 saturated heterocycles. The Bertz CT molecular complexity index is 300. The molecular weight excluding hydrogens is 204 g/mol. The Labute approximate surface area is 97.4 Å². The van der Waals surface area contributed by atoms with Gasteiger partial charge in [0.05, 0.1) is 0 Å². The molecule has 0 aliphatic rings. The number of benzene rings is 1. The Balaban J connectivity index is 0.000000281. The molecule has 1 rings (SSSR count). The first-order valence-corrected chi connectivity index (χ1v) is 5.19. The molecule has 0 amide bonds. The van der Waals surface area contributed by atoms with Gasteiger partial charge in [0.2, 0.25) is 0 Å². The number of carbonyl (C=O) groups is 1. The van der Waals surface area contributed by atoms with Crippen LogP contribution in [0.15, 0.2) is 24.3 Å². The maximum Gasteiger partial charge on any atom is 0.304 e. The maximum atomic E-state index is 10.1. The zero-order valence-corrected chi connectivity index (χ0v) is 10.6. The molecule has 0 aromatic heterocycles. The summed E-state index contributed by atoms with van der Waals surface area (Å²) in [5.74, 6) is -0.320. The molecule has 90 valence electrons. The minimum atomic E-state index is -0.424. The van der Waals surface area contributed by atoms with Crippen molar-refractivity contribution < 1.29 is 14.3 Å². The molecule has 1 aromatic carbocycles. The largest absolute Gasteiger partial charge is 0.436 e. The molecule has 1 atom stereocenters. The van der Waals surface area contributed by atoms with Crippen molar-refractivity contribution in [3.63, 3.8) is 0 Å². The van der Waals surface area contributed by atoms with Crippen molar-refractivity contribution in [2.24, 2.45) is 0 Å². The van der Waals surface area contributed by atoms with Crippen LogP contribution in [0, 0.1) is 13.8 Å². The van der Waals surface area contributed by atoms with Crippen LogP contribution in [0.5, 0.6) is 0 Å². The van der Waals surface area contributed by atoms with E-state index < -0.39 is 6.29 Å². The van der Waals surface area contributed by atoms with Crippen LogP contribution in [0.25, 0.3) is 0 Å². The Morgan fingerprint density at radius 3 is 1.81 bits per heavy atom. The lowest BCUT2D eigenvalue weighted by Gasteiger charge is -2.07. The lowest BCUT2D eigenvalue weighted by Crippen LogP contribution is -2.13. The summed E-state index contributed by atoms with van der Waals surface area (Å²) in [6.07, 6.45) is -0.424. The molecule has 0 N–H and O–H groups in total. The van der Waals surface area contributed by atoms with Crippen molar-refractivity contribution in [2.75, 3.05) is 7.11 Å². The minimum absolute atomic E-state index is 0.320.